The second-order valence-corrected chi connectivity index (χ2v) is 3.91. The maximum atomic E-state index is 9.35. The minimum absolute atomic E-state index is 0.00324. The van der Waals surface area contributed by atoms with Crippen molar-refractivity contribution in [1.82, 2.24) is 0 Å². The molecule has 2 heterocycles. The number of phenolic OH excluding ortho intramolecular Hbond substituents is 2. The largest absolute Gasteiger partial charge is 0.504 e. The molecule has 0 radical (unpaired) electrons. The van der Waals surface area contributed by atoms with E-state index in [0.29, 0.717) is 0 Å². The summed E-state index contributed by atoms with van der Waals surface area (Å²) in [4.78, 5) is 0. The average molecular weight is 193 g/mol. The highest BCUT2D eigenvalue weighted by atomic mass is 16.5. The van der Waals surface area contributed by atoms with Gasteiger partial charge in [-0.2, -0.15) is 0 Å². The number of fused-ring (bicyclic) bond motifs is 5. The smallest absolute Gasteiger partial charge is 0.157 e. The highest BCUT2D eigenvalue weighted by Gasteiger charge is 2.43. The summed E-state index contributed by atoms with van der Waals surface area (Å²) in [7, 11) is 0. The molecule has 0 unspecified atom stereocenters. The van der Waals surface area contributed by atoms with Crippen LogP contribution in [0.15, 0.2) is 12.1 Å². The van der Waals surface area contributed by atoms with Crippen LogP contribution in [0.25, 0.3) is 0 Å². The third kappa shape index (κ3) is 0.844. The van der Waals surface area contributed by atoms with E-state index in [0.717, 1.165) is 17.5 Å². The molecule has 1 fully saturated rings. The Morgan fingerprint density at radius 2 is 1.86 bits per heavy atom. The highest BCUT2D eigenvalue weighted by molar-refractivity contribution is 5.50. The molecule has 0 aliphatic carbocycles. The maximum Gasteiger partial charge on any atom is 0.157 e. The van der Waals surface area contributed by atoms with Gasteiger partial charge in [-0.25, -0.2) is 0 Å². The molecule has 3 atom stereocenters. The second kappa shape index (κ2) is 2.40. The zero-order valence-corrected chi connectivity index (χ0v) is 7.47. The molecular weight excluding hydrogens is 182 g/mol. The minimum atomic E-state index is -0.110. The molecule has 0 spiro atoms. The summed E-state index contributed by atoms with van der Waals surface area (Å²) in [6, 6.07) is 3.13. The van der Waals surface area contributed by atoms with E-state index in [4.69, 9.17) is 10.5 Å². The third-order valence-corrected chi connectivity index (χ3v) is 3.02. The summed E-state index contributed by atoms with van der Waals surface area (Å²) < 4.78 is 5.62. The Morgan fingerprint density at radius 1 is 1.21 bits per heavy atom. The zero-order chi connectivity index (χ0) is 9.87. The Labute approximate surface area is 80.9 Å². The number of ether oxygens (including phenoxy) is 1. The van der Waals surface area contributed by atoms with E-state index in [2.05, 4.69) is 0 Å². The predicted molar refractivity (Wildman–Crippen MR) is 48.9 cm³/mol. The van der Waals surface area contributed by atoms with Gasteiger partial charge in [0, 0.05) is 6.04 Å². The van der Waals surface area contributed by atoms with Crippen LogP contribution in [-0.4, -0.2) is 16.3 Å². The van der Waals surface area contributed by atoms with E-state index in [1.807, 2.05) is 0 Å². The van der Waals surface area contributed by atoms with Crippen molar-refractivity contribution >= 4 is 0 Å². The minimum Gasteiger partial charge on any atom is -0.504 e. The third-order valence-electron chi connectivity index (χ3n) is 3.02. The van der Waals surface area contributed by atoms with Crippen molar-refractivity contribution < 1.29 is 14.9 Å². The molecule has 4 heteroatoms. The first-order valence-electron chi connectivity index (χ1n) is 4.63. The lowest BCUT2D eigenvalue weighted by molar-refractivity contribution is 0.0679. The van der Waals surface area contributed by atoms with Gasteiger partial charge in [-0.3, -0.25) is 0 Å². The topological polar surface area (TPSA) is 75.7 Å². The van der Waals surface area contributed by atoms with Crippen LogP contribution in [0.4, 0.5) is 0 Å². The van der Waals surface area contributed by atoms with Crippen LogP contribution in [0, 0.1) is 0 Å². The molecule has 2 aliphatic heterocycles. The van der Waals surface area contributed by atoms with Gasteiger partial charge in [0.1, 0.15) is 0 Å². The van der Waals surface area contributed by atoms with Crippen molar-refractivity contribution in [2.75, 3.05) is 0 Å². The first-order valence-corrected chi connectivity index (χ1v) is 4.63. The SMILES string of the molecule is N[C@@H]1C[C@@H]2O[C@H]1c1cc(O)c(O)cc12. The van der Waals surface area contributed by atoms with Crippen LogP contribution in [0.1, 0.15) is 29.8 Å². The lowest BCUT2D eigenvalue weighted by atomic mass is 9.88. The van der Waals surface area contributed by atoms with Crippen molar-refractivity contribution in [3.05, 3.63) is 23.3 Å². The van der Waals surface area contributed by atoms with Crippen molar-refractivity contribution in [2.45, 2.75) is 24.7 Å². The van der Waals surface area contributed by atoms with Gasteiger partial charge in [0.05, 0.1) is 12.2 Å². The maximum absolute atomic E-state index is 9.35. The van der Waals surface area contributed by atoms with Gasteiger partial charge >= 0.3 is 0 Å². The Hall–Kier alpha value is -1.26. The Balaban J connectivity index is 2.18. The van der Waals surface area contributed by atoms with Crippen LogP contribution in [-0.2, 0) is 4.74 Å². The summed E-state index contributed by atoms with van der Waals surface area (Å²) in [5, 5.41) is 18.7. The Bertz CT molecular complexity index is 405. The molecule has 4 N–H and O–H groups in total. The van der Waals surface area contributed by atoms with Crippen LogP contribution in [0.5, 0.6) is 11.5 Å². The normalized spacial score (nSPS) is 33.4. The monoisotopic (exact) mass is 193 g/mol. The van der Waals surface area contributed by atoms with E-state index in [-0.39, 0.29) is 29.7 Å². The first-order chi connectivity index (χ1) is 6.66. The van der Waals surface area contributed by atoms with E-state index in [1.165, 1.54) is 0 Å². The van der Waals surface area contributed by atoms with E-state index < -0.39 is 0 Å². The number of aromatic hydroxyl groups is 2. The number of nitrogens with two attached hydrogens (primary N) is 1. The van der Waals surface area contributed by atoms with Crippen LogP contribution in [0.2, 0.25) is 0 Å². The molecule has 0 aromatic heterocycles. The molecule has 1 saturated heterocycles. The van der Waals surface area contributed by atoms with Crippen LogP contribution >= 0.6 is 0 Å². The fourth-order valence-electron chi connectivity index (χ4n) is 2.34. The zero-order valence-electron chi connectivity index (χ0n) is 7.47. The van der Waals surface area contributed by atoms with Gasteiger partial charge in [0.15, 0.2) is 11.5 Å². The van der Waals surface area contributed by atoms with Crippen molar-refractivity contribution in [2.24, 2.45) is 5.73 Å². The molecule has 74 valence electrons. The molecule has 3 rings (SSSR count). The van der Waals surface area contributed by atoms with Gasteiger partial charge in [-0.15, -0.1) is 0 Å². The molecule has 0 amide bonds. The van der Waals surface area contributed by atoms with Gasteiger partial charge < -0.3 is 20.7 Å². The summed E-state index contributed by atoms with van der Waals surface area (Å²) >= 11 is 0. The fraction of sp³-hybridized carbons (Fsp3) is 0.400. The molecule has 2 bridgehead atoms. The summed E-state index contributed by atoms with van der Waals surface area (Å²) in [5.41, 5.74) is 7.74. The quantitative estimate of drug-likeness (QED) is 0.536. The summed E-state index contributed by atoms with van der Waals surface area (Å²) in [6.45, 7) is 0. The number of benzene rings is 1. The van der Waals surface area contributed by atoms with E-state index in [9.17, 15) is 10.2 Å². The van der Waals surface area contributed by atoms with E-state index in [1.54, 1.807) is 12.1 Å². The summed E-state index contributed by atoms with van der Waals surface area (Å²) in [5.74, 6) is -0.194. The molecule has 4 nitrogen and oxygen atoms in total. The van der Waals surface area contributed by atoms with E-state index >= 15 is 0 Å². The number of rotatable bonds is 0. The van der Waals surface area contributed by atoms with Crippen LogP contribution < -0.4 is 5.73 Å². The van der Waals surface area contributed by atoms with Gasteiger partial charge in [-0.05, 0) is 29.7 Å². The molecule has 1 aromatic carbocycles. The van der Waals surface area contributed by atoms with Gasteiger partial charge in [0.25, 0.3) is 0 Å². The van der Waals surface area contributed by atoms with Gasteiger partial charge in [-0.1, -0.05) is 0 Å². The predicted octanol–water partition coefficient (Wildman–Crippen LogP) is 0.941. The molecule has 1 aromatic rings. The van der Waals surface area contributed by atoms with Crippen molar-refractivity contribution in [1.29, 1.82) is 0 Å². The van der Waals surface area contributed by atoms with Crippen molar-refractivity contribution in [3.63, 3.8) is 0 Å². The van der Waals surface area contributed by atoms with Gasteiger partial charge in [0.2, 0.25) is 0 Å². The lowest BCUT2D eigenvalue weighted by Gasteiger charge is -2.17. The fourth-order valence-corrected chi connectivity index (χ4v) is 2.34. The molecule has 0 saturated carbocycles. The van der Waals surface area contributed by atoms with Crippen molar-refractivity contribution in [3.8, 4) is 11.5 Å². The lowest BCUT2D eigenvalue weighted by Crippen LogP contribution is -2.25. The van der Waals surface area contributed by atoms with Crippen LogP contribution in [0.3, 0.4) is 0 Å². The molecule has 2 aliphatic rings. The second-order valence-electron chi connectivity index (χ2n) is 3.91. The number of hydrogen-bond donors (Lipinski definition) is 3. The number of phenols is 2. The summed E-state index contributed by atoms with van der Waals surface area (Å²) in [6.07, 6.45) is 0.681. The first kappa shape index (κ1) is 8.08. The Morgan fingerprint density at radius 3 is 2.57 bits per heavy atom. The average Bonchev–Trinajstić information content (AvgIpc) is 2.64. The standard InChI is InChI=1S/C10H11NO3/c11-6-3-9-4-1-7(12)8(13)2-5(4)10(6)14-9/h1-2,6,9-10,12-13H,3,11H2/t6-,9+,10+/m1/s1. The highest BCUT2D eigenvalue weighted by Crippen LogP contribution is 2.52. The Kier molecular flexibility index (Phi) is 1.39. The molecular formula is C10H11NO3. The molecule has 14 heavy (non-hydrogen) atoms. The number of hydrogen-bond acceptors (Lipinski definition) is 4.